The van der Waals surface area contributed by atoms with Crippen LogP contribution in [0.5, 0.6) is 0 Å². The van der Waals surface area contributed by atoms with Crippen LogP contribution in [0.3, 0.4) is 0 Å². The molecule has 0 amide bonds. The van der Waals surface area contributed by atoms with Crippen molar-refractivity contribution in [3.63, 3.8) is 0 Å². The molecule has 2 fully saturated rings. The van der Waals surface area contributed by atoms with Crippen molar-refractivity contribution in [2.75, 3.05) is 13.1 Å². The highest BCUT2D eigenvalue weighted by atomic mass is 14.9. The second-order valence-electron chi connectivity index (χ2n) is 7.58. The summed E-state index contributed by atoms with van der Waals surface area (Å²) in [5.41, 5.74) is 3.58. The summed E-state index contributed by atoms with van der Waals surface area (Å²) in [7, 11) is 0. The molecule has 1 saturated carbocycles. The van der Waals surface area contributed by atoms with E-state index in [0.717, 1.165) is 5.92 Å². The van der Waals surface area contributed by atoms with E-state index in [0.29, 0.717) is 5.41 Å². The number of hydrogen-bond acceptors (Lipinski definition) is 2. The minimum atomic E-state index is 0.159. The molecule has 3 rings (SSSR count). The smallest absolute Gasteiger partial charge is 0.0459 e. The van der Waals surface area contributed by atoms with Gasteiger partial charge in [0.15, 0.2) is 0 Å². The predicted octanol–water partition coefficient (Wildman–Crippen LogP) is 3.63. The summed E-state index contributed by atoms with van der Waals surface area (Å²) >= 11 is 0. The van der Waals surface area contributed by atoms with E-state index >= 15 is 0 Å². The maximum Gasteiger partial charge on any atom is 0.0459 e. The Morgan fingerprint density at radius 2 is 1.89 bits per heavy atom. The molecule has 104 valence electrons. The fraction of sp³-hybridized carbons (Fsp3) is 0.706. The normalized spacial score (nSPS) is 23.3. The first-order valence-corrected chi connectivity index (χ1v) is 7.66. The average molecular weight is 258 g/mol. The Morgan fingerprint density at radius 1 is 1.21 bits per heavy atom. The molecule has 0 atom stereocenters. The molecule has 0 unspecified atom stereocenters. The molecule has 2 aliphatic rings. The topological polar surface area (TPSA) is 24.9 Å². The summed E-state index contributed by atoms with van der Waals surface area (Å²) in [5, 5.41) is 3.48. The molecule has 1 spiro atoms. The Hall–Kier alpha value is -0.890. The van der Waals surface area contributed by atoms with Crippen LogP contribution in [0.15, 0.2) is 18.3 Å². The van der Waals surface area contributed by atoms with Crippen LogP contribution in [0.2, 0.25) is 0 Å². The second-order valence-corrected chi connectivity index (χ2v) is 7.58. The Kier molecular flexibility index (Phi) is 3.17. The van der Waals surface area contributed by atoms with Crippen LogP contribution in [-0.4, -0.2) is 18.1 Å². The van der Waals surface area contributed by atoms with Gasteiger partial charge in [0.1, 0.15) is 0 Å². The van der Waals surface area contributed by atoms with Gasteiger partial charge < -0.3 is 5.32 Å². The minimum absolute atomic E-state index is 0.159. The highest BCUT2D eigenvalue weighted by Gasteiger charge is 2.44. The van der Waals surface area contributed by atoms with Crippen molar-refractivity contribution in [2.24, 2.45) is 5.41 Å². The number of piperidine rings is 1. The third-order valence-electron chi connectivity index (χ3n) is 5.05. The van der Waals surface area contributed by atoms with Crippen LogP contribution in [0.25, 0.3) is 0 Å². The fourth-order valence-corrected chi connectivity index (χ4v) is 3.70. The molecular weight excluding hydrogens is 232 g/mol. The molecular formula is C17H26N2. The van der Waals surface area contributed by atoms with Crippen molar-refractivity contribution in [3.05, 3.63) is 29.6 Å². The number of hydrogen-bond donors (Lipinski definition) is 1. The molecule has 2 heteroatoms. The summed E-state index contributed by atoms with van der Waals surface area (Å²) in [6.45, 7) is 9.17. The quantitative estimate of drug-likeness (QED) is 0.832. The van der Waals surface area contributed by atoms with Crippen molar-refractivity contribution in [1.29, 1.82) is 0 Å². The zero-order valence-electron chi connectivity index (χ0n) is 12.5. The number of nitrogens with zero attached hydrogens (tertiary/aromatic N) is 1. The van der Waals surface area contributed by atoms with Crippen molar-refractivity contribution < 1.29 is 0 Å². The van der Waals surface area contributed by atoms with Gasteiger partial charge in [-0.3, -0.25) is 4.98 Å². The van der Waals surface area contributed by atoms with E-state index in [2.05, 4.69) is 43.2 Å². The van der Waals surface area contributed by atoms with Gasteiger partial charge in [0.25, 0.3) is 0 Å². The van der Waals surface area contributed by atoms with E-state index in [1.165, 1.54) is 50.0 Å². The molecule has 0 bridgehead atoms. The van der Waals surface area contributed by atoms with E-state index in [-0.39, 0.29) is 5.41 Å². The Labute approximate surface area is 117 Å². The number of pyridine rings is 1. The zero-order chi connectivity index (χ0) is 13.5. The Bertz CT molecular complexity index is 445. The fourth-order valence-electron chi connectivity index (χ4n) is 3.70. The number of nitrogens with one attached hydrogen (secondary N) is 1. The molecule has 1 aliphatic heterocycles. The maximum absolute atomic E-state index is 4.55. The van der Waals surface area contributed by atoms with Crippen molar-refractivity contribution in [2.45, 2.75) is 57.8 Å². The largest absolute Gasteiger partial charge is 0.317 e. The lowest BCUT2D eigenvalue weighted by atomic mass is 9.56. The molecule has 1 N–H and O–H groups in total. The molecule has 0 radical (unpaired) electrons. The first-order chi connectivity index (χ1) is 8.99. The lowest BCUT2D eigenvalue weighted by Crippen LogP contribution is -2.44. The molecule has 1 aromatic heterocycles. The standard InChI is InChI=1S/C17H26N2/c1-16(2,3)15-10-13(4-7-19-15)14-11-17(12-14)5-8-18-9-6-17/h4,7,10,14,18H,5-6,8-9,11-12H2,1-3H3. The minimum Gasteiger partial charge on any atom is -0.317 e. The Balaban J connectivity index is 1.71. The summed E-state index contributed by atoms with van der Waals surface area (Å²) in [4.78, 5) is 4.55. The van der Waals surface area contributed by atoms with Crippen LogP contribution in [0.1, 0.15) is 63.6 Å². The number of rotatable bonds is 1. The van der Waals surface area contributed by atoms with Crippen molar-refractivity contribution >= 4 is 0 Å². The van der Waals surface area contributed by atoms with Crippen LogP contribution < -0.4 is 5.32 Å². The monoisotopic (exact) mass is 258 g/mol. The average Bonchev–Trinajstić information content (AvgIpc) is 2.36. The highest BCUT2D eigenvalue weighted by molar-refractivity contribution is 5.27. The lowest BCUT2D eigenvalue weighted by Gasteiger charge is -2.51. The zero-order valence-corrected chi connectivity index (χ0v) is 12.5. The van der Waals surface area contributed by atoms with Crippen LogP contribution in [-0.2, 0) is 5.41 Å². The van der Waals surface area contributed by atoms with Crippen molar-refractivity contribution in [1.82, 2.24) is 10.3 Å². The lowest BCUT2D eigenvalue weighted by molar-refractivity contribution is 0.0603. The SMILES string of the molecule is CC(C)(C)c1cc(C2CC3(CCNCC3)C2)ccn1. The van der Waals surface area contributed by atoms with Gasteiger partial charge in [0, 0.05) is 17.3 Å². The van der Waals surface area contributed by atoms with Crippen LogP contribution in [0.4, 0.5) is 0 Å². The molecule has 2 heterocycles. The second kappa shape index (κ2) is 4.59. The first kappa shape index (κ1) is 13.1. The van der Waals surface area contributed by atoms with E-state index in [9.17, 15) is 0 Å². The highest BCUT2D eigenvalue weighted by Crippen LogP contribution is 2.55. The number of aromatic nitrogens is 1. The molecule has 1 saturated heterocycles. The summed E-state index contributed by atoms with van der Waals surface area (Å²) < 4.78 is 0. The van der Waals surface area contributed by atoms with Gasteiger partial charge in [-0.05, 0) is 67.8 Å². The van der Waals surface area contributed by atoms with Crippen LogP contribution >= 0.6 is 0 Å². The van der Waals surface area contributed by atoms with E-state index in [1.54, 1.807) is 0 Å². The van der Waals surface area contributed by atoms with E-state index < -0.39 is 0 Å². The van der Waals surface area contributed by atoms with Gasteiger partial charge in [0.2, 0.25) is 0 Å². The maximum atomic E-state index is 4.55. The first-order valence-electron chi connectivity index (χ1n) is 7.66. The molecule has 0 aromatic carbocycles. The molecule has 1 aliphatic carbocycles. The third kappa shape index (κ3) is 2.55. The van der Waals surface area contributed by atoms with Gasteiger partial charge in [0.05, 0.1) is 0 Å². The van der Waals surface area contributed by atoms with Crippen LogP contribution in [0, 0.1) is 5.41 Å². The predicted molar refractivity (Wildman–Crippen MR) is 79.4 cm³/mol. The Morgan fingerprint density at radius 3 is 2.53 bits per heavy atom. The summed E-state index contributed by atoms with van der Waals surface area (Å²) in [6, 6.07) is 4.58. The third-order valence-corrected chi connectivity index (χ3v) is 5.05. The molecule has 2 nitrogen and oxygen atoms in total. The summed E-state index contributed by atoms with van der Waals surface area (Å²) in [5.74, 6) is 0.780. The summed E-state index contributed by atoms with van der Waals surface area (Å²) in [6.07, 6.45) is 7.54. The molecule has 1 aromatic rings. The van der Waals surface area contributed by atoms with Crippen molar-refractivity contribution in [3.8, 4) is 0 Å². The van der Waals surface area contributed by atoms with Gasteiger partial charge in [-0.15, -0.1) is 0 Å². The molecule has 19 heavy (non-hydrogen) atoms. The van der Waals surface area contributed by atoms with E-state index in [1.807, 2.05) is 6.20 Å². The van der Waals surface area contributed by atoms with Gasteiger partial charge in [-0.2, -0.15) is 0 Å². The van der Waals surface area contributed by atoms with Gasteiger partial charge in [-0.25, -0.2) is 0 Å². The van der Waals surface area contributed by atoms with E-state index in [4.69, 9.17) is 0 Å². The van der Waals surface area contributed by atoms with Gasteiger partial charge >= 0.3 is 0 Å². The van der Waals surface area contributed by atoms with Gasteiger partial charge in [-0.1, -0.05) is 20.8 Å².